The number of carboxylic acid groups (broad SMARTS) is 1. The number of urea groups is 1. The molecule has 0 aromatic heterocycles. The molecule has 0 radical (unpaired) electrons. The molecule has 0 aromatic rings. The van der Waals surface area contributed by atoms with Crippen LogP contribution in [0.3, 0.4) is 0 Å². The van der Waals surface area contributed by atoms with Crippen LogP contribution in [0.2, 0.25) is 0 Å². The van der Waals surface area contributed by atoms with Crippen molar-refractivity contribution in [1.29, 1.82) is 0 Å². The van der Waals surface area contributed by atoms with Crippen molar-refractivity contribution in [2.24, 2.45) is 11.3 Å². The van der Waals surface area contributed by atoms with Crippen LogP contribution in [0.15, 0.2) is 0 Å². The summed E-state index contributed by atoms with van der Waals surface area (Å²) in [5.74, 6) is -0.505. The number of carboxylic acids is 1. The maximum atomic E-state index is 11.8. The van der Waals surface area contributed by atoms with Gasteiger partial charge in [0.2, 0.25) is 0 Å². The number of likely N-dealkylation sites (N-methyl/N-ethyl adjacent to an activating group) is 1. The first-order valence-corrected chi connectivity index (χ1v) is 5.84. The van der Waals surface area contributed by atoms with Crippen molar-refractivity contribution in [1.82, 2.24) is 10.2 Å². The van der Waals surface area contributed by atoms with Crippen LogP contribution in [0.5, 0.6) is 0 Å². The predicted octanol–water partition coefficient (Wildman–Crippen LogP) is 1.54. The summed E-state index contributed by atoms with van der Waals surface area (Å²) in [7, 11) is 1.50. The topological polar surface area (TPSA) is 69.6 Å². The Balaban J connectivity index is 2.45. The van der Waals surface area contributed by atoms with Gasteiger partial charge in [0.05, 0.1) is 0 Å². The maximum absolute atomic E-state index is 11.8. The molecule has 5 heteroatoms. The summed E-state index contributed by atoms with van der Waals surface area (Å²) in [6.07, 6.45) is 1.11. The van der Waals surface area contributed by atoms with Crippen LogP contribution in [0.1, 0.15) is 34.1 Å². The molecule has 1 aliphatic carbocycles. The van der Waals surface area contributed by atoms with Crippen molar-refractivity contribution in [2.45, 2.75) is 39.7 Å². The number of carbonyl (C=O) groups excluding carboxylic acids is 1. The van der Waals surface area contributed by atoms with E-state index in [9.17, 15) is 9.59 Å². The number of hydrogen-bond acceptors (Lipinski definition) is 2. The predicted molar refractivity (Wildman–Crippen MR) is 64.8 cm³/mol. The van der Waals surface area contributed by atoms with Crippen LogP contribution in [0, 0.1) is 11.3 Å². The monoisotopic (exact) mass is 242 g/mol. The van der Waals surface area contributed by atoms with Crippen LogP contribution < -0.4 is 5.32 Å². The number of nitrogens with zero attached hydrogens (tertiary/aromatic N) is 1. The van der Waals surface area contributed by atoms with Gasteiger partial charge in [-0.15, -0.1) is 0 Å². The summed E-state index contributed by atoms with van der Waals surface area (Å²) in [5.41, 5.74) is -0.878. The first-order chi connectivity index (χ1) is 7.59. The van der Waals surface area contributed by atoms with Gasteiger partial charge in [-0.25, -0.2) is 9.59 Å². The number of amides is 2. The number of aliphatic carboxylic acids is 1. The third-order valence-corrected chi connectivity index (χ3v) is 3.88. The van der Waals surface area contributed by atoms with E-state index in [0.29, 0.717) is 17.9 Å². The van der Waals surface area contributed by atoms with Gasteiger partial charge in [-0.1, -0.05) is 13.8 Å². The third kappa shape index (κ3) is 2.90. The van der Waals surface area contributed by atoms with Gasteiger partial charge in [0, 0.05) is 13.6 Å². The Labute approximate surface area is 102 Å². The molecule has 1 atom stereocenters. The molecular formula is C12H22N2O3. The average molecular weight is 242 g/mol. The van der Waals surface area contributed by atoms with Crippen LogP contribution in [0.4, 0.5) is 4.79 Å². The van der Waals surface area contributed by atoms with Crippen molar-refractivity contribution in [3.8, 4) is 0 Å². The lowest BCUT2D eigenvalue weighted by Crippen LogP contribution is -2.54. The second-order valence-electron chi connectivity index (χ2n) is 6.00. The number of rotatable bonds is 4. The van der Waals surface area contributed by atoms with Crippen LogP contribution in [-0.4, -0.2) is 41.1 Å². The molecule has 0 bridgehead atoms. The SMILES string of the molecule is CN(C(=O)NCC1CC1(C)C)C(C)(C)C(=O)O. The van der Waals surface area contributed by atoms with Crippen molar-refractivity contribution in [2.75, 3.05) is 13.6 Å². The highest BCUT2D eigenvalue weighted by molar-refractivity contribution is 5.85. The van der Waals surface area contributed by atoms with Crippen molar-refractivity contribution >= 4 is 12.0 Å². The molecule has 2 N–H and O–H groups in total. The molecule has 0 saturated heterocycles. The smallest absolute Gasteiger partial charge is 0.329 e. The van der Waals surface area contributed by atoms with Gasteiger partial charge in [0.1, 0.15) is 5.54 Å². The highest BCUT2D eigenvalue weighted by Crippen LogP contribution is 2.50. The Morgan fingerprint density at radius 2 is 1.94 bits per heavy atom. The fraction of sp³-hybridized carbons (Fsp3) is 0.833. The largest absolute Gasteiger partial charge is 0.480 e. The summed E-state index contributed by atoms with van der Waals surface area (Å²) in [4.78, 5) is 24.0. The van der Waals surface area contributed by atoms with Gasteiger partial charge in [-0.05, 0) is 31.6 Å². The van der Waals surface area contributed by atoms with E-state index in [1.807, 2.05) is 0 Å². The zero-order chi connectivity index (χ0) is 13.4. The van der Waals surface area contributed by atoms with E-state index < -0.39 is 11.5 Å². The second-order valence-corrected chi connectivity index (χ2v) is 6.00. The van der Waals surface area contributed by atoms with E-state index in [4.69, 9.17) is 5.11 Å². The van der Waals surface area contributed by atoms with E-state index in [1.54, 1.807) is 0 Å². The Hall–Kier alpha value is -1.26. The molecule has 0 aromatic carbocycles. The van der Waals surface area contributed by atoms with Crippen LogP contribution in [-0.2, 0) is 4.79 Å². The minimum Gasteiger partial charge on any atom is -0.480 e. The molecule has 2 amide bonds. The van der Waals surface area contributed by atoms with E-state index in [-0.39, 0.29) is 6.03 Å². The molecule has 1 saturated carbocycles. The molecule has 17 heavy (non-hydrogen) atoms. The minimum atomic E-state index is -1.19. The Bertz CT molecular complexity index is 337. The first-order valence-electron chi connectivity index (χ1n) is 5.84. The lowest BCUT2D eigenvalue weighted by molar-refractivity contribution is -0.146. The van der Waals surface area contributed by atoms with E-state index in [2.05, 4.69) is 19.2 Å². The quantitative estimate of drug-likeness (QED) is 0.785. The van der Waals surface area contributed by atoms with E-state index in [0.717, 1.165) is 6.42 Å². The second kappa shape index (κ2) is 4.20. The third-order valence-electron chi connectivity index (χ3n) is 3.88. The summed E-state index contributed by atoms with van der Waals surface area (Å²) in [6, 6.07) is -0.333. The van der Waals surface area contributed by atoms with Crippen LogP contribution in [0.25, 0.3) is 0 Å². The molecule has 1 aliphatic rings. The van der Waals surface area contributed by atoms with E-state index >= 15 is 0 Å². The molecule has 0 spiro atoms. The molecule has 5 nitrogen and oxygen atoms in total. The van der Waals surface area contributed by atoms with Crippen molar-refractivity contribution in [3.63, 3.8) is 0 Å². The Kier molecular flexibility index (Phi) is 3.41. The molecule has 1 unspecified atom stereocenters. The van der Waals surface area contributed by atoms with Gasteiger partial charge in [0.15, 0.2) is 0 Å². The van der Waals surface area contributed by atoms with Gasteiger partial charge < -0.3 is 15.3 Å². The molecule has 0 aliphatic heterocycles. The van der Waals surface area contributed by atoms with Crippen molar-refractivity contribution < 1.29 is 14.7 Å². The standard InChI is InChI=1S/C12H22N2O3/c1-11(2)6-8(11)7-13-10(17)14(5)12(3,4)9(15)16/h8H,6-7H2,1-5H3,(H,13,17)(H,15,16). The summed E-state index contributed by atoms with van der Waals surface area (Å²) >= 11 is 0. The van der Waals surface area contributed by atoms with Crippen LogP contribution >= 0.6 is 0 Å². The molecule has 0 heterocycles. The first kappa shape index (κ1) is 13.8. The molecular weight excluding hydrogens is 220 g/mol. The van der Waals surface area contributed by atoms with Crippen molar-refractivity contribution in [3.05, 3.63) is 0 Å². The fourth-order valence-corrected chi connectivity index (χ4v) is 1.65. The molecule has 1 fully saturated rings. The average Bonchev–Trinajstić information content (AvgIpc) is 2.81. The Morgan fingerprint density at radius 1 is 1.47 bits per heavy atom. The van der Waals surface area contributed by atoms with Gasteiger partial charge in [0.25, 0.3) is 0 Å². The number of carbonyl (C=O) groups is 2. The summed E-state index contributed by atoms with van der Waals surface area (Å²) < 4.78 is 0. The Morgan fingerprint density at radius 3 is 2.29 bits per heavy atom. The highest BCUT2D eigenvalue weighted by atomic mass is 16.4. The number of hydrogen-bond donors (Lipinski definition) is 2. The summed E-state index contributed by atoms with van der Waals surface area (Å²) in [6.45, 7) is 7.96. The minimum absolute atomic E-state index is 0.314. The van der Waals surface area contributed by atoms with Gasteiger partial charge in [-0.3, -0.25) is 0 Å². The zero-order valence-electron chi connectivity index (χ0n) is 11.2. The van der Waals surface area contributed by atoms with E-state index in [1.165, 1.54) is 25.8 Å². The lowest BCUT2D eigenvalue weighted by atomic mass is 10.0. The normalized spacial score (nSPS) is 21.8. The van der Waals surface area contributed by atoms with Gasteiger partial charge >= 0.3 is 12.0 Å². The zero-order valence-corrected chi connectivity index (χ0v) is 11.2. The lowest BCUT2D eigenvalue weighted by Gasteiger charge is -2.31. The molecule has 1 rings (SSSR count). The molecule has 98 valence electrons. The fourth-order valence-electron chi connectivity index (χ4n) is 1.65. The van der Waals surface area contributed by atoms with Gasteiger partial charge in [-0.2, -0.15) is 0 Å². The maximum Gasteiger partial charge on any atom is 0.329 e. The number of nitrogens with one attached hydrogen (secondary N) is 1. The summed E-state index contributed by atoms with van der Waals surface area (Å²) in [5, 5.41) is 11.8. The highest BCUT2D eigenvalue weighted by Gasteiger charge is 2.45.